The van der Waals surface area contributed by atoms with E-state index in [0.29, 0.717) is 12.3 Å². The molecule has 0 N–H and O–H groups in total. The van der Waals surface area contributed by atoms with Gasteiger partial charge in [0.2, 0.25) is 0 Å². The van der Waals surface area contributed by atoms with Crippen LogP contribution < -0.4 is 19.1 Å². The molecular weight excluding hydrogens is 531 g/mol. The van der Waals surface area contributed by atoms with E-state index in [9.17, 15) is 23.3 Å². The number of nitro groups is 1. The first-order chi connectivity index (χ1) is 19.1. The lowest BCUT2D eigenvalue weighted by molar-refractivity contribution is -0.389. The lowest BCUT2D eigenvalue weighted by Gasteiger charge is -2.35. The number of fused-ring (bicyclic) bond motifs is 1. The largest absolute Gasteiger partial charge is 0.573 e. The second kappa shape index (κ2) is 11.1. The van der Waals surface area contributed by atoms with Crippen molar-refractivity contribution >= 4 is 17.6 Å². The van der Waals surface area contributed by atoms with Gasteiger partial charge in [0.15, 0.2) is 5.60 Å². The Morgan fingerprint density at radius 1 is 1.07 bits per heavy atom. The van der Waals surface area contributed by atoms with E-state index in [-0.39, 0.29) is 24.2 Å². The fourth-order valence-corrected chi connectivity index (χ4v) is 4.65. The maximum absolute atomic E-state index is 12.3. The Morgan fingerprint density at radius 2 is 1.75 bits per heavy atom. The van der Waals surface area contributed by atoms with Gasteiger partial charge in [-0.05, 0) is 53.8 Å². The third-order valence-corrected chi connectivity index (χ3v) is 6.66. The van der Waals surface area contributed by atoms with Crippen LogP contribution in [0.4, 0.5) is 24.7 Å². The van der Waals surface area contributed by atoms with Gasteiger partial charge in [0.1, 0.15) is 24.3 Å². The summed E-state index contributed by atoms with van der Waals surface area (Å²) in [4.78, 5) is 18.8. The van der Waals surface area contributed by atoms with Gasteiger partial charge in [-0.2, -0.15) is 0 Å². The molecule has 13 heteroatoms. The fourth-order valence-electron chi connectivity index (χ4n) is 4.65. The smallest absolute Gasteiger partial charge is 0.489 e. The number of hydrogen-bond acceptors (Lipinski definition) is 8. The number of piperazine rings is 1. The van der Waals surface area contributed by atoms with E-state index in [1.807, 2.05) is 43.3 Å². The highest BCUT2D eigenvalue weighted by Gasteiger charge is 2.41. The van der Waals surface area contributed by atoms with Crippen LogP contribution in [-0.2, 0) is 6.54 Å². The number of nitrogens with zero attached hydrogens (tertiary/aromatic N) is 5. The van der Waals surface area contributed by atoms with E-state index >= 15 is 0 Å². The summed E-state index contributed by atoms with van der Waals surface area (Å²) in [7, 11) is 0. The molecule has 1 atom stereocenters. The van der Waals surface area contributed by atoms with E-state index in [4.69, 9.17) is 9.47 Å². The zero-order valence-electron chi connectivity index (χ0n) is 21.7. The van der Waals surface area contributed by atoms with E-state index in [1.165, 1.54) is 18.3 Å². The van der Waals surface area contributed by atoms with Crippen molar-refractivity contribution in [2.24, 2.45) is 0 Å². The van der Waals surface area contributed by atoms with Crippen molar-refractivity contribution in [3.05, 3.63) is 76.5 Å². The molecule has 1 saturated heterocycles. The molecule has 2 aliphatic rings. The van der Waals surface area contributed by atoms with Gasteiger partial charge in [0.25, 0.3) is 0 Å². The Labute approximate surface area is 228 Å². The maximum Gasteiger partial charge on any atom is 0.573 e. The highest BCUT2D eigenvalue weighted by molar-refractivity contribution is 5.51. The molecule has 10 nitrogen and oxygen atoms in total. The van der Waals surface area contributed by atoms with Gasteiger partial charge in [0, 0.05) is 43.4 Å². The van der Waals surface area contributed by atoms with E-state index < -0.39 is 16.9 Å². The highest BCUT2D eigenvalue weighted by Crippen LogP contribution is 2.32. The minimum absolute atomic E-state index is 0.219. The van der Waals surface area contributed by atoms with Gasteiger partial charge in [-0.15, -0.1) is 13.2 Å². The Kier molecular flexibility index (Phi) is 7.57. The van der Waals surface area contributed by atoms with Gasteiger partial charge in [-0.25, -0.2) is 0 Å². The van der Waals surface area contributed by atoms with E-state index in [2.05, 4.69) is 19.5 Å². The molecule has 0 bridgehead atoms. The minimum Gasteiger partial charge on any atom is -0.489 e. The van der Waals surface area contributed by atoms with Crippen LogP contribution in [0.2, 0.25) is 0 Å². The molecule has 2 aromatic carbocycles. The molecule has 3 aromatic rings. The zero-order chi connectivity index (χ0) is 28.3. The van der Waals surface area contributed by atoms with Crippen LogP contribution in [-0.4, -0.2) is 70.7 Å². The Balaban J connectivity index is 1.04. The predicted molar refractivity (Wildman–Crippen MR) is 141 cm³/mol. The molecule has 2 aliphatic heterocycles. The van der Waals surface area contributed by atoms with Crippen molar-refractivity contribution < 1.29 is 32.3 Å². The maximum atomic E-state index is 12.3. The van der Waals surface area contributed by atoms with Gasteiger partial charge in [-0.1, -0.05) is 24.3 Å². The molecule has 3 heterocycles. The van der Waals surface area contributed by atoms with Crippen molar-refractivity contribution in [3.63, 3.8) is 0 Å². The molecule has 0 saturated carbocycles. The number of benzene rings is 2. The van der Waals surface area contributed by atoms with Crippen molar-refractivity contribution in [2.45, 2.75) is 25.4 Å². The summed E-state index contributed by atoms with van der Waals surface area (Å²) in [5.41, 5.74) is 1.23. The molecule has 212 valence electrons. The molecule has 0 spiro atoms. The normalized spacial score (nSPS) is 19.4. The molecular formula is C27H28F3N5O5. The fraction of sp³-hybridized carbons (Fsp3) is 0.370. The van der Waals surface area contributed by atoms with Crippen LogP contribution in [0.5, 0.6) is 17.5 Å². The molecule has 0 radical (unpaired) electrons. The van der Waals surface area contributed by atoms with E-state index in [1.54, 1.807) is 16.7 Å². The zero-order valence-corrected chi connectivity index (χ0v) is 21.7. The third kappa shape index (κ3) is 6.84. The number of alkyl halides is 3. The summed E-state index contributed by atoms with van der Waals surface area (Å²) in [5.74, 6) is 0.227. The molecule has 1 aromatic heterocycles. The Bertz CT molecular complexity index is 1330. The summed E-state index contributed by atoms with van der Waals surface area (Å²) < 4.78 is 54.1. The van der Waals surface area contributed by atoms with Gasteiger partial charge < -0.3 is 29.2 Å². The number of imidazole rings is 1. The summed E-state index contributed by atoms with van der Waals surface area (Å²) in [6.07, 6.45) is 0.562. The van der Waals surface area contributed by atoms with Crippen LogP contribution in [0.1, 0.15) is 12.5 Å². The summed E-state index contributed by atoms with van der Waals surface area (Å²) in [6.45, 7) is 6.77. The second-order valence-corrected chi connectivity index (χ2v) is 9.91. The molecule has 0 aliphatic carbocycles. The van der Waals surface area contributed by atoms with Gasteiger partial charge in [-0.3, -0.25) is 9.47 Å². The minimum atomic E-state index is -4.69. The monoisotopic (exact) mass is 559 g/mol. The van der Waals surface area contributed by atoms with E-state index in [0.717, 1.165) is 44.0 Å². The van der Waals surface area contributed by atoms with Crippen LogP contribution in [0, 0.1) is 10.1 Å². The van der Waals surface area contributed by atoms with Gasteiger partial charge in [0.05, 0.1) is 6.54 Å². The number of rotatable bonds is 9. The lowest BCUT2D eigenvalue weighted by Crippen LogP contribution is -2.46. The standard InChI is InChI=1S/C27H28F3N5O5/c1-26(18-34-17-24(35(36)37)31-25(34)40-26)19-38-22-10-6-21(7-11-22)33-15-13-32(14-16-33)12-2-3-20-4-8-23(9-5-20)39-27(28,29)30/h2-11,17H,12-16,18-19H2,1H3/b3-2+/t26-/m0/s1. The summed E-state index contributed by atoms with van der Waals surface area (Å²) in [5, 5.41) is 10.9. The van der Waals surface area contributed by atoms with Crippen molar-refractivity contribution in [1.82, 2.24) is 14.5 Å². The number of ether oxygens (including phenoxy) is 3. The number of halogens is 3. The second-order valence-electron chi connectivity index (χ2n) is 9.91. The molecule has 0 amide bonds. The first kappa shape index (κ1) is 27.3. The predicted octanol–water partition coefficient (Wildman–Crippen LogP) is 4.76. The van der Waals surface area contributed by atoms with Crippen LogP contribution in [0.15, 0.2) is 60.8 Å². The molecule has 40 heavy (non-hydrogen) atoms. The number of hydrogen-bond donors (Lipinski definition) is 0. The van der Waals surface area contributed by atoms with Crippen molar-refractivity contribution in [2.75, 3.05) is 44.2 Å². The quantitative estimate of drug-likeness (QED) is 0.274. The highest BCUT2D eigenvalue weighted by atomic mass is 19.4. The molecule has 5 rings (SSSR count). The average Bonchev–Trinajstić information content (AvgIpc) is 3.44. The first-order valence-electron chi connectivity index (χ1n) is 12.7. The first-order valence-corrected chi connectivity index (χ1v) is 12.7. The molecule has 1 fully saturated rings. The SMILES string of the molecule is C[C@@]1(COc2ccc(N3CCN(C/C=C/c4ccc(OC(F)(F)F)cc4)CC3)cc2)Cn2cc([N+](=O)[O-])nc2O1. The Morgan fingerprint density at radius 3 is 2.38 bits per heavy atom. The Hall–Kier alpha value is -4.26. The lowest BCUT2D eigenvalue weighted by atomic mass is 10.1. The summed E-state index contributed by atoms with van der Waals surface area (Å²) >= 11 is 0. The topological polar surface area (TPSA) is 95.1 Å². The van der Waals surface area contributed by atoms with Crippen LogP contribution in [0.3, 0.4) is 0 Å². The number of anilines is 1. The summed E-state index contributed by atoms with van der Waals surface area (Å²) in [6, 6.07) is 13.9. The number of aromatic nitrogens is 2. The van der Waals surface area contributed by atoms with Crippen LogP contribution in [0.25, 0.3) is 6.08 Å². The van der Waals surface area contributed by atoms with Crippen molar-refractivity contribution in [1.29, 1.82) is 0 Å². The van der Waals surface area contributed by atoms with Crippen LogP contribution >= 0.6 is 0 Å². The average molecular weight is 560 g/mol. The van der Waals surface area contributed by atoms with Gasteiger partial charge >= 0.3 is 18.2 Å². The van der Waals surface area contributed by atoms with Crippen molar-refractivity contribution in [3.8, 4) is 17.5 Å². The molecule has 0 unspecified atom stereocenters. The third-order valence-electron chi connectivity index (χ3n) is 6.66.